The molecule has 1 saturated heterocycles. The van der Waals surface area contributed by atoms with E-state index in [0.717, 1.165) is 37.6 Å². The lowest BCUT2D eigenvalue weighted by atomic mass is 10.2. The van der Waals surface area contributed by atoms with E-state index in [1.54, 1.807) is 18.7 Å². The summed E-state index contributed by atoms with van der Waals surface area (Å²) in [6, 6.07) is 10.4. The first-order chi connectivity index (χ1) is 11.3. The topological polar surface area (TPSA) is 50.3 Å². The number of likely N-dealkylation sites (N-methyl/N-ethyl adjacent to an activating group) is 1. The lowest BCUT2D eigenvalue weighted by Crippen LogP contribution is -2.44. The molecule has 4 rings (SSSR count). The number of nitrogens with zero attached hydrogens (tertiary/aromatic N) is 5. The molecule has 0 saturated carbocycles. The fraction of sp³-hybridized carbons (Fsp3) is 0.294. The van der Waals surface area contributed by atoms with Gasteiger partial charge in [-0.05, 0) is 37.4 Å². The van der Waals surface area contributed by atoms with E-state index in [2.05, 4.69) is 51.2 Å². The van der Waals surface area contributed by atoms with Crippen molar-refractivity contribution in [3.63, 3.8) is 0 Å². The zero-order valence-corrected chi connectivity index (χ0v) is 13.1. The van der Waals surface area contributed by atoms with Crippen LogP contribution >= 0.6 is 0 Å². The Morgan fingerprint density at radius 3 is 2.35 bits per heavy atom. The lowest BCUT2D eigenvalue weighted by molar-refractivity contribution is 0.313. The molecule has 0 atom stereocenters. The van der Waals surface area contributed by atoms with Crippen LogP contribution in [0.5, 0.6) is 0 Å². The minimum Gasteiger partial charge on any atom is -0.443 e. The molecule has 0 aliphatic carbocycles. The van der Waals surface area contributed by atoms with Crippen LogP contribution in [0.25, 0.3) is 17.3 Å². The van der Waals surface area contributed by atoms with Gasteiger partial charge in [-0.1, -0.05) is 0 Å². The summed E-state index contributed by atoms with van der Waals surface area (Å²) in [6.45, 7) is 4.35. The first-order valence-corrected chi connectivity index (χ1v) is 7.79. The summed E-state index contributed by atoms with van der Waals surface area (Å²) in [5, 5.41) is 4.39. The first-order valence-electron chi connectivity index (χ1n) is 7.79. The minimum absolute atomic E-state index is 0.575. The number of anilines is 1. The van der Waals surface area contributed by atoms with Gasteiger partial charge in [0.1, 0.15) is 12.0 Å². The van der Waals surface area contributed by atoms with Crippen LogP contribution in [0.1, 0.15) is 0 Å². The summed E-state index contributed by atoms with van der Waals surface area (Å²) in [7, 11) is 2.17. The minimum atomic E-state index is 0.575. The van der Waals surface area contributed by atoms with Crippen LogP contribution < -0.4 is 4.90 Å². The second kappa shape index (κ2) is 5.89. The number of oxazole rings is 1. The summed E-state index contributed by atoms with van der Waals surface area (Å²) in [4.78, 5) is 8.98. The van der Waals surface area contributed by atoms with Crippen LogP contribution in [0.4, 0.5) is 5.69 Å². The normalized spacial score (nSPS) is 16.0. The van der Waals surface area contributed by atoms with E-state index in [4.69, 9.17) is 4.42 Å². The quantitative estimate of drug-likeness (QED) is 0.743. The fourth-order valence-corrected chi connectivity index (χ4v) is 2.89. The Bertz CT molecular complexity index is 755. The van der Waals surface area contributed by atoms with E-state index in [1.807, 2.05) is 10.7 Å². The monoisotopic (exact) mass is 309 g/mol. The van der Waals surface area contributed by atoms with Gasteiger partial charge in [-0.25, -0.2) is 9.67 Å². The van der Waals surface area contributed by atoms with Crippen molar-refractivity contribution >= 4 is 5.69 Å². The SMILES string of the molecule is CN1CCN(c2ccc(-n3nccc3-c3ncco3)cc2)CC1. The van der Waals surface area contributed by atoms with Crippen molar-refractivity contribution < 1.29 is 4.42 Å². The number of hydrogen-bond donors (Lipinski definition) is 0. The molecule has 1 aliphatic heterocycles. The third kappa shape index (κ3) is 2.73. The average Bonchev–Trinajstić information content (AvgIpc) is 3.27. The fourth-order valence-electron chi connectivity index (χ4n) is 2.89. The number of benzene rings is 1. The van der Waals surface area contributed by atoms with Gasteiger partial charge in [0, 0.05) is 31.9 Å². The van der Waals surface area contributed by atoms with Crippen LogP contribution in [-0.2, 0) is 0 Å². The third-order valence-electron chi connectivity index (χ3n) is 4.26. The van der Waals surface area contributed by atoms with Gasteiger partial charge < -0.3 is 14.2 Å². The number of rotatable bonds is 3. The zero-order valence-electron chi connectivity index (χ0n) is 13.1. The summed E-state index contributed by atoms with van der Waals surface area (Å²) in [5.74, 6) is 0.575. The zero-order chi connectivity index (χ0) is 15.6. The first kappa shape index (κ1) is 14.0. The number of hydrogen-bond acceptors (Lipinski definition) is 5. The standard InChI is InChI=1S/C17H19N5O/c1-20-9-11-21(12-10-20)14-2-4-15(5-3-14)22-16(6-7-19-22)17-18-8-13-23-17/h2-8,13H,9-12H2,1H3. The van der Waals surface area contributed by atoms with Crippen molar-refractivity contribution in [3.8, 4) is 17.3 Å². The maximum Gasteiger partial charge on any atom is 0.245 e. The van der Waals surface area contributed by atoms with E-state index < -0.39 is 0 Å². The molecule has 1 aliphatic rings. The number of piperazine rings is 1. The van der Waals surface area contributed by atoms with E-state index in [9.17, 15) is 0 Å². The van der Waals surface area contributed by atoms with Crippen molar-refractivity contribution in [3.05, 3.63) is 49.0 Å². The highest BCUT2D eigenvalue weighted by Crippen LogP contribution is 2.23. The Morgan fingerprint density at radius 1 is 0.913 bits per heavy atom. The molecule has 0 unspecified atom stereocenters. The Kier molecular flexibility index (Phi) is 3.59. The highest BCUT2D eigenvalue weighted by molar-refractivity contribution is 5.55. The molecule has 3 heterocycles. The molecule has 0 bridgehead atoms. The molecular formula is C17H19N5O. The van der Waals surface area contributed by atoms with Crippen molar-refractivity contribution in [1.82, 2.24) is 19.7 Å². The van der Waals surface area contributed by atoms with Crippen molar-refractivity contribution in [2.75, 3.05) is 38.1 Å². The Labute approximate surface area is 135 Å². The van der Waals surface area contributed by atoms with Crippen LogP contribution in [0.3, 0.4) is 0 Å². The van der Waals surface area contributed by atoms with Gasteiger partial charge in [0.05, 0.1) is 18.1 Å². The second-order valence-corrected chi connectivity index (χ2v) is 5.77. The van der Waals surface area contributed by atoms with Gasteiger partial charge in [-0.3, -0.25) is 0 Å². The van der Waals surface area contributed by atoms with Crippen LogP contribution in [0.15, 0.2) is 53.4 Å². The van der Waals surface area contributed by atoms with Gasteiger partial charge in [0.15, 0.2) is 0 Å². The van der Waals surface area contributed by atoms with Crippen LogP contribution in [-0.4, -0.2) is 52.9 Å². The van der Waals surface area contributed by atoms with Gasteiger partial charge >= 0.3 is 0 Å². The Hall–Kier alpha value is -2.60. The summed E-state index contributed by atoms with van der Waals surface area (Å²) >= 11 is 0. The molecule has 0 spiro atoms. The molecule has 0 radical (unpaired) electrons. The predicted molar refractivity (Wildman–Crippen MR) is 88.8 cm³/mol. The summed E-state index contributed by atoms with van der Waals surface area (Å²) in [6.07, 6.45) is 4.97. The van der Waals surface area contributed by atoms with Crippen LogP contribution in [0, 0.1) is 0 Å². The summed E-state index contributed by atoms with van der Waals surface area (Å²) in [5.41, 5.74) is 3.11. The molecule has 1 aromatic carbocycles. The van der Waals surface area contributed by atoms with E-state index in [1.165, 1.54) is 5.69 Å². The van der Waals surface area contributed by atoms with E-state index in [-0.39, 0.29) is 0 Å². The van der Waals surface area contributed by atoms with Gasteiger partial charge in [-0.2, -0.15) is 5.10 Å². The molecule has 6 nitrogen and oxygen atoms in total. The second-order valence-electron chi connectivity index (χ2n) is 5.77. The van der Waals surface area contributed by atoms with Crippen molar-refractivity contribution in [2.45, 2.75) is 0 Å². The largest absolute Gasteiger partial charge is 0.443 e. The van der Waals surface area contributed by atoms with E-state index in [0.29, 0.717) is 5.89 Å². The number of aromatic nitrogens is 3. The van der Waals surface area contributed by atoms with Crippen LogP contribution in [0.2, 0.25) is 0 Å². The van der Waals surface area contributed by atoms with E-state index >= 15 is 0 Å². The smallest absolute Gasteiger partial charge is 0.245 e. The maximum absolute atomic E-state index is 5.38. The van der Waals surface area contributed by atoms with Gasteiger partial charge in [-0.15, -0.1) is 0 Å². The predicted octanol–water partition coefficient (Wildman–Crippen LogP) is 2.28. The lowest BCUT2D eigenvalue weighted by Gasteiger charge is -2.34. The molecule has 0 N–H and O–H groups in total. The maximum atomic E-state index is 5.38. The molecular weight excluding hydrogens is 290 g/mol. The molecule has 118 valence electrons. The molecule has 3 aromatic rings. The van der Waals surface area contributed by atoms with Gasteiger partial charge in [0.25, 0.3) is 0 Å². The van der Waals surface area contributed by atoms with Gasteiger partial charge in [0.2, 0.25) is 5.89 Å². The van der Waals surface area contributed by atoms with Crippen molar-refractivity contribution in [1.29, 1.82) is 0 Å². The molecule has 23 heavy (non-hydrogen) atoms. The Morgan fingerprint density at radius 2 is 1.65 bits per heavy atom. The Balaban J connectivity index is 1.58. The average molecular weight is 309 g/mol. The summed E-state index contributed by atoms with van der Waals surface area (Å²) < 4.78 is 7.23. The highest BCUT2D eigenvalue weighted by Gasteiger charge is 2.15. The molecule has 2 aromatic heterocycles. The van der Waals surface area contributed by atoms with Crippen molar-refractivity contribution in [2.24, 2.45) is 0 Å². The molecule has 0 amide bonds. The highest BCUT2D eigenvalue weighted by atomic mass is 16.3. The molecule has 6 heteroatoms. The third-order valence-corrected chi connectivity index (χ3v) is 4.26. The molecule has 1 fully saturated rings.